The molecule has 0 bridgehead atoms. The minimum Gasteiger partial charge on any atom is -0.298 e. The minimum atomic E-state index is 0.464. The Morgan fingerprint density at radius 3 is 2.71 bits per heavy atom. The van der Waals surface area contributed by atoms with Crippen molar-refractivity contribution < 1.29 is 4.79 Å². The first-order chi connectivity index (χ1) is 6.88. The Balaban J connectivity index is 2.14. The quantitative estimate of drug-likeness (QED) is 0.578. The average Bonchev–Trinajstić information content (AvgIpc) is 2.72. The SMILES string of the molecule is O=Cc1cnc(Sc2nncs2)nc1. The van der Waals surface area contributed by atoms with Gasteiger partial charge in [-0.2, -0.15) is 0 Å². The number of carbonyl (C=O) groups excluding carboxylic acids is 1. The third-order valence-corrected chi connectivity index (χ3v) is 2.97. The zero-order chi connectivity index (χ0) is 9.80. The Hall–Kier alpha value is -1.34. The summed E-state index contributed by atoms with van der Waals surface area (Å²) in [6.45, 7) is 0. The van der Waals surface area contributed by atoms with Gasteiger partial charge in [0.1, 0.15) is 5.51 Å². The van der Waals surface area contributed by atoms with Gasteiger partial charge in [0.25, 0.3) is 0 Å². The van der Waals surface area contributed by atoms with Crippen LogP contribution in [0, 0.1) is 0 Å². The van der Waals surface area contributed by atoms with Crippen molar-refractivity contribution in [1.29, 1.82) is 0 Å². The molecule has 0 fully saturated rings. The maximum Gasteiger partial charge on any atom is 0.194 e. The summed E-state index contributed by atoms with van der Waals surface area (Å²) in [6.07, 6.45) is 3.66. The number of carbonyl (C=O) groups is 1. The lowest BCUT2D eigenvalue weighted by molar-refractivity contribution is 0.112. The van der Waals surface area contributed by atoms with Crippen LogP contribution in [0.3, 0.4) is 0 Å². The van der Waals surface area contributed by atoms with Gasteiger partial charge in [-0.1, -0.05) is 11.3 Å². The predicted molar refractivity (Wildman–Crippen MR) is 51.5 cm³/mol. The van der Waals surface area contributed by atoms with Gasteiger partial charge in [-0.05, 0) is 11.8 Å². The second-order valence-electron chi connectivity index (χ2n) is 2.22. The van der Waals surface area contributed by atoms with Gasteiger partial charge in [0, 0.05) is 12.4 Å². The normalized spacial score (nSPS) is 10.0. The lowest BCUT2D eigenvalue weighted by Crippen LogP contribution is -1.88. The molecule has 0 saturated carbocycles. The van der Waals surface area contributed by atoms with E-state index in [9.17, 15) is 4.79 Å². The molecule has 0 N–H and O–H groups in total. The van der Waals surface area contributed by atoms with Gasteiger partial charge in [-0.15, -0.1) is 10.2 Å². The first-order valence-electron chi connectivity index (χ1n) is 3.60. The number of aromatic nitrogens is 4. The van der Waals surface area contributed by atoms with Gasteiger partial charge in [0.2, 0.25) is 0 Å². The van der Waals surface area contributed by atoms with Crippen LogP contribution in [0.5, 0.6) is 0 Å². The first kappa shape index (κ1) is 9.22. The third-order valence-electron chi connectivity index (χ3n) is 1.30. The van der Waals surface area contributed by atoms with Crippen molar-refractivity contribution in [2.45, 2.75) is 9.50 Å². The fraction of sp³-hybridized carbons (Fsp3) is 0. The number of hydrogen-bond donors (Lipinski definition) is 0. The predicted octanol–water partition coefficient (Wildman–Crippen LogP) is 1.29. The average molecular weight is 224 g/mol. The molecule has 70 valence electrons. The Labute approximate surface area is 87.6 Å². The molecular weight excluding hydrogens is 220 g/mol. The number of aldehydes is 1. The van der Waals surface area contributed by atoms with Crippen LogP contribution in [0.15, 0.2) is 27.4 Å². The topological polar surface area (TPSA) is 68.6 Å². The highest BCUT2D eigenvalue weighted by atomic mass is 32.2. The fourth-order valence-corrected chi connectivity index (χ4v) is 2.00. The number of rotatable bonds is 3. The van der Waals surface area contributed by atoms with Crippen molar-refractivity contribution in [3.8, 4) is 0 Å². The zero-order valence-corrected chi connectivity index (χ0v) is 8.46. The summed E-state index contributed by atoms with van der Waals surface area (Å²) in [4.78, 5) is 18.3. The smallest absolute Gasteiger partial charge is 0.194 e. The highest BCUT2D eigenvalue weighted by Gasteiger charge is 2.02. The van der Waals surface area contributed by atoms with Crippen molar-refractivity contribution in [2.75, 3.05) is 0 Å². The van der Waals surface area contributed by atoms with E-state index >= 15 is 0 Å². The van der Waals surface area contributed by atoms with Crippen LogP contribution < -0.4 is 0 Å². The van der Waals surface area contributed by atoms with E-state index in [1.54, 1.807) is 5.51 Å². The molecule has 2 aromatic rings. The molecule has 2 aromatic heterocycles. The van der Waals surface area contributed by atoms with Crippen LogP contribution in [0.1, 0.15) is 10.4 Å². The molecule has 0 amide bonds. The molecule has 0 saturated heterocycles. The number of nitrogens with zero attached hydrogens (tertiary/aromatic N) is 4. The molecule has 0 unspecified atom stereocenters. The molecule has 0 spiro atoms. The highest BCUT2D eigenvalue weighted by Crippen LogP contribution is 2.24. The van der Waals surface area contributed by atoms with Crippen molar-refractivity contribution in [3.63, 3.8) is 0 Å². The summed E-state index contributed by atoms with van der Waals surface area (Å²) < 4.78 is 0.781. The Kier molecular flexibility index (Phi) is 2.80. The van der Waals surface area contributed by atoms with E-state index in [4.69, 9.17) is 0 Å². The van der Waals surface area contributed by atoms with Crippen molar-refractivity contribution in [1.82, 2.24) is 20.2 Å². The van der Waals surface area contributed by atoms with Gasteiger partial charge in [0.15, 0.2) is 15.8 Å². The van der Waals surface area contributed by atoms with Gasteiger partial charge < -0.3 is 0 Å². The lowest BCUT2D eigenvalue weighted by Gasteiger charge is -1.94. The molecule has 2 rings (SSSR count). The van der Waals surface area contributed by atoms with Gasteiger partial charge in [-0.3, -0.25) is 4.79 Å². The van der Waals surface area contributed by atoms with E-state index in [0.717, 1.165) is 4.34 Å². The van der Waals surface area contributed by atoms with E-state index in [-0.39, 0.29) is 0 Å². The molecule has 0 aliphatic heterocycles. The van der Waals surface area contributed by atoms with Crippen LogP contribution in [0.2, 0.25) is 0 Å². The minimum absolute atomic E-state index is 0.464. The molecule has 0 atom stereocenters. The van der Waals surface area contributed by atoms with Crippen LogP contribution in [-0.4, -0.2) is 26.5 Å². The van der Waals surface area contributed by atoms with E-state index in [2.05, 4.69) is 20.2 Å². The lowest BCUT2D eigenvalue weighted by atomic mass is 10.4. The summed E-state index contributed by atoms with van der Waals surface area (Å²) in [5, 5.41) is 8.09. The summed E-state index contributed by atoms with van der Waals surface area (Å²) in [5.74, 6) is 0. The summed E-state index contributed by atoms with van der Waals surface area (Å²) >= 11 is 2.74. The Morgan fingerprint density at radius 1 is 1.36 bits per heavy atom. The monoisotopic (exact) mass is 224 g/mol. The molecule has 2 heterocycles. The summed E-state index contributed by atoms with van der Waals surface area (Å²) in [6, 6.07) is 0. The molecule has 0 radical (unpaired) electrons. The van der Waals surface area contributed by atoms with Crippen LogP contribution >= 0.6 is 23.1 Å². The van der Waals surface area contributed by atoms with Crippen LogP contribution in [-0.2, 0) is 0 Å². The second kappa shape index (κ2) is 4.25. The molecule has 7 heteroatoms. The second-order valence-corrected chi connectivity index (χ2v) is 4.27. The van der Waals surface area contributed by atoms with E-state index in [1.165, 1.54) is 35.5 Å². The van der Waals surface area contributed by atoms with E-state index in [0.29, 0.717) is 17.0 Å². The molecule has 5 nitrogen and oxygen atoms in total. The first-order valence-corrected chi connectivity index (χ1v) is 5.29. The third kappa shape index (κ3) is 2.12. The molecule has 0 aromatic carbocycles. The molecule has 14 heavy (non-hydrogen) atoms. The van der Waals surface area contributed by atoms with Gasteiger partial charge in [-0.25, -0.2) is 9.97 Å². The van der Waals surface area contributed by atoms with E-state index in [1.807, 2.05) is 0 Å². The van der Waals surface area contributed by atoms with Crippen LogP contribution in [0.4, 0.5) is 0 Å². The zero-order valence-electron chi connectivity index (χ0n) is 6.82. The fourth-order valence-electron chi connectivity index (χ4n) is 0.725. The maximum absolute atomic E-state index is 10.3. The number of hydrogen-bond acceptors (Lipinski definition) is 7. The Bertz CT molecular complexity index is 414. The standard InChI is InChI=1S/C7H4N4OS2/c12-3-5-1-8-6(9-2-5)14-7-11-10-4-13-7/h1-4H. The highest BCUT2D eigenvalue weighted by molar-refractivity contribution is 8.00. The van der Waals surface area contributed by atoms with Crippen LogP contribution in [0.25, 0.3) is 0 Å². The van der Waals surface area contributed by atoms with Gasteiger partial charge in [0.05, 0.1) is 5.56 Å². The largest absolute Gasteiger partial charge is 0.298 e. The maximum atomic E-state index is 10.3. The summed E-state index contributed by atoms with van der Waals surface area (Å²) in [7, 11) is 0. The van der Waals surface area contributed by atoms with E-state index < -0.39 is 0 Å². The van der Waals surface area contributed by atoms with Crippen molar-refractivity contribution in [3.05, 3.63) is 23.5 Å². The van der Waals surface area contributed by atoms with Gasteiger partial charge >= 0.3 is 0 Å². The molecule has 0 aliphatic carbocycles. The molecule has 0 aliphatic rings. The summed E-state index contributed by atoms with van der Waals surface area (Å²) in [5.41, 5.74) is 2.11. The molecular formula is C7H4N4OS2. The van der Waals surface area contributed by atoms with Crippen molar-refractivity contribution >= 4 is 29.4 Å². The van der Waals surface area contributed by atoms with Crippen molar-refractivity contribution in [2.24, 2.45) is 0 Å². The Morgan fingerprint density at radius 2 is 2.14 bits per heavy atom.